The van der Waals surface area contributed by atoms with Gasteiger partial charge in [-0.1, -0.05) is 30.3 Å². The van der Waals surface area contributed by atoms with E-state index < -0.39 is 10.0 Å². The summed E-state index contributed by atoms with van der Waals surface area (Å²) in [5, 5.41) is 8.53. The van der Waals surface area contributed by atoms with Crippen LogP contribution >= 0.6 is 0 Å². The number of benzene rings is 3. The highest BCUT2D eigenvalue weighted by Crippen LogP contribution is 2.29. The average Bonchev–Trinajstić information content (AvgIpc) is 3.12. The molecule has 0 unspecified atom stereocenters. The summed E-state index contributed by atoms with van der Waals surface area (Å²) in [4.78, 5) is 2.42. The van der Waals surface area contributed by atoms with Gasteiger partial charge < -0.3 is 4.74 Å². The van der Waals surface area contributed by atoms with Crippen LogP contribution in [-0.2, 0) is 10.0 Å². The number of hydrogen-bond acceptors (Lipinski definition) is 5. The first-order valence-electron chi connectivity index (χ1n) is 10.5. The molecular formula is C25H23FN4O3S. The Morgan fingerprint density at radius 3 is 2.41 bits per heavy atom. The number of rotatable bonds is 7. The van der Waals surface area contributed by atoms with Gasteiger partial charge in [-0.3, -0.25) is 0 Å². The highest BCUT2D eigenvalue weighted by molar-refractivity contribution is 7.89. The molecule has 7 nitrogen and oxygen atoms in total. The molecule has 0 aliphatic heterocycles. The molecule has 4 aromatic rings. The summed E-state index contributed by atoms with van der Waals surface area (Å²) in [6, 6.07) is 20.1. The lowest BCUT2D eigenvalue weighted by molar-refractivity contribution is 0.442. The van der Waals surface area contributed by atoms with E-state index in [0.29, 0.717) is 28.5 Å². The summed E-state index contributed by atoms with van der Waals surface area (Å²) in [6.45, 7) is 5.31. The first-order chi connectivity index (χ1) is 16.2. The fraction of sp³-hybridized carbons (Fsp3) is 0.120. The molecule has 0 atom stereocenters. The molecule has 174 valence electrons. The summed E-state index contributed by atoms with van der Waals surface area (Å²) in [5.41, 5.74) is 3.21. The lowest BCUT2D eigenvalue weighted by Crippen LogP contribution is -2.19. The number of hydrogen-bond donors (Lipinski definition) is 1. The van der Waals surface area contributed by atoms with Crippen molar-refractivity contribution in [3.8, 4) is 17.3 Å². The van der Waals surface area contributed by atoms with Crippen LogP contribution in [-0.4, -0.2) is 24.4 Å². The molecule has 0 spiro atoms. The minimum Gasteiger partial charge on any atom is -0.438 e. The second-order valence-corrected chi connectivity index (χ2v) is 9.36. The standard InChI is InChI=1S/C25H23FN4O3S/c1-17-9-10-18(2)24(15-17)34(31,32)29-27-16-23-19(3)28-30(21-7-5-4-6-8-21)25(23)33-22-13-11-20(26)12-14-22/h4-16,29H,1-3H3/b27-16-. The monoisotopic (exact) mass is 478 g/mol. The molecule has 4 rings (SSSR count). The maximum atomic E-state index is 13.4. The number of nitrogens with zero attached hydrogens (tertiary/aromatic N) is 3. The molecule has 0 amide bonds. The fourth-order valence-corrected chi connectivity index (χ4v) is 4.45. The number of halogens is 1. The van der Waals surface area contributed by atoms with Crippen LogP contribution in [0.15, 0.2) is 82.8 Å². The Hall–Kier alpha value is -3.98. The molecule has 0 saturated heterocycles. The zero-order valence-electron chi connectivity index (χ0n) is 18.9. The predicted octanol–water partition coefficient (Wildman–Crippen LogP) is 5.04. The van der Waals surface area contributed by atoms with E-state index in [-0.39, 0.29) is 10.7 Å². The van der Waals surface area contributed by atoms with Gasteiger partial charge in [-0.05, 0) is 74.4 Å². The van der Waals surface area contributed by atoms with Crippen LogP contribution in [0.5, 0.6) is 11.6 Å². The van der Waals surface area contributed by atoms with Gasteiger partial charge in [0.25, 0.3) is 10.0 Å². The number of aromatic nitrogens is 2. The molecule has 9 heteroatoms. The van der Waals surface area contributed by atoms with Crippen LogP contribution in [0.3, 0.4) is 0 Å². The number of ether oxygens (including phenoxy) is 1. The van der Waals surface area contributed by atoms with Crippen molar-refractivity contribution in [1.82, 2.24) is 14.6 Å². The minimum atomic E-state index is -3.88. The van der Waals surface area contributed by atoms with Gasteiger partial charge in [0, 0.05) is 0 Å². The van der Waals surface area contributed by atoms with Gasteiger partial charge in [-0.15, -0.1) is 0 Å². The molecule has 0 bridgehead atoms. The van der Waals surface area contributed by atoms with Crippen molar-refractivity contribution in [3.63, 3.8) is 0 Å². The average molecular weight is 479 g/mol. The van der Waals surface area contributed by atoms with Gasteiger partial charge in [0.1, 0.15) is 11.6 Å². The van der Waals surface area contributed by atoms with Gasteiger partial charge in [0.15, 0.2) is 0 Å². The maximum absolute atomic E-state index is 13.4. The Labute approximate surface area is 197 Å². The molecule has 0 radical (unpaired) electrons. The van der Waals surface area contributed by atoms with Gasteiger partial charge in [0.05, 0.1) is 28.1 Å². The lowest BCUT2D eigenvalue weighted by Gasteiger charge is -2.10. The van der Waals surface area contributed by atoms with Crippen molar-refractivity contribution in [2.75, 3.05) is 0 Å². The van der Waals surface area contributed by atoms with E-state index in [0.717, 1.165) is 11.3 Å². The zero-order valence-corrected chi connectivity index (χ0v) is 19.7. The third-order valence-electron chi connectivity index (χ3n) is 5.09. The Bertz CT molecular complexity index is 1450. The van der Waals surface area contributed by atoms with E-state index in [1.165, 1.54) is 30.5 Å². The molecule has 34 heavy (non-hydrogen) atoms. The molecule has 1 heterocycles. The molecule has 1 N–H and O–H groups in total. The van der Waals surface area contributed by atoms with Gasteiger partial charge in [0.2, 0.25) is 5.88 Å². The zero-order chi connectivity index (χ0) is 24.3. The van der Waals surface area contributed by atoms with Gasteiger partial charge in [-0.25, -0.2) is 9.22 Å². The second-order valence-electron chi connectivity index (χ2n) is 7.73. The number of aryl methyl sites for hydroxylation is 3. The van der Waals surface area contributed by atoms with E-state index >= 15 is 0 Å². The summed E-state index contributed by atoms with van der Waals surface area (Å²) in [5.74, 6) is 0.317. The van der Waals surface area contributed by atoms with Crippen molar-refractivity contribution in [2.45, 2.75) is 25.7 Å². The van der Waals surface area contributed by atoms with Gasteiger partial charge >= 0.3 is 0 Å². The summed E-state index contributed by atoms with van der Waals surface area (Å²) < 4.78 is 46.6. The van der Waals surface area contributed by atoms with E-state index in [9.17, 15) is 12.8 Å². The highest BCUT2D eigenvalue weighted by Gasteiger charge is 2.19. The van der Waals surface area contributed by atoms with Crippen molar-refractivity contribution < 1.29 is 17.5 Å². The second kappa shape index (κ2) is 9.48. The Kier molecular flexibility index (Phi) is 6.47. The quantitative estimate of drug-likeness (QED) is 0.298. The van der Waals surface area contributed by atoms with Crippen LogP contribution in [0.1, 0.15) is 22.4 Å². The molecule has 0 fully saturated rings. The van der Waals surface area contributed by atoms with Crippen LogP contribution < -0.4 is 9.57 Å². The van der Waals surface area contributed by atoms with E-state index in [4.69, 9.17) is 4.74 Å². The van der Waals surface area contributed by atoms with Crippen molar-refractivity contribution >= 4 is 16.2 Å². The molecular weight excluding hydrogens is 455 g/mol. The SMILES string of the molecule is Cc1ccc(C)c(S(=O)(=O)N/N=C\c2c(C)nn(-c3ccccc3)c2Oc2ccc(F)cc2)c1. The van der Waals surface area contributed by atoms with Gasteiger partial charge in [-0.2, -0.15) is 23.3 Å². The lowest BCUT2D eigenvalue weighted by atomic mass is 10.2. The number of nitrogens with one attached hydrogen (secondary N) is 1. The summed E-state index contributed by atoms with van der Waals surface area (Å²) in [6.07, 6.45) is 1.35. The minimum absolute atomic E-state index is 0.157. The van der Waals surface area contributed by atoms with E-state index in [2.05, 4.69) is 15.0 Å². The highest BCUT2D eigenvalue weighted by atomic mass is 32.2. The number of para-hydroxylation sites is 1. The third-order valence-corrected chi connectivity index (χ3v) is 6.46. The number of sulfonamides is 1. The number of hydrazone groups is 1. The van der Waals surface area contributed by atoms with E-state index in [1.807, 2.05) is 43.3 Å². The maximum Gasteiger partial charge on any atom is 0.276 e. The Morgan fingerprint density at radius 2 is 1.71 bits per heavy atom. The third kappa shape index (κ3) is 4.99. The van der Waals surface area contributed by atoms with Crippen molar-refractivity contribution in [3.05, 3.63) is 101 Å². The normalized spacial score (nSPS) is 11.6. The van der Waals surface area contributed by atoms with E-state index in [1.54, 1.807) is 30.7 Å². The van der Waals surface area contributed by atoms with Crippen LogP contribution in [0.4, 0.5) is 4.39 Å². The smallest absolute Gasteiger partial charge is 0.276 e. The summed E-state index contributed by atoms with van der Waals surface area (Å²) in [7, 11) is -3.88. The first-order valence-corrected chi connectivity index (χ1v) is 11.9. The molecule has 1 aromatic heterocycles. The van der Waals surface area contributed by atoms with Crippen LogP contribution in [0.25, 0.3) is 5.69 Å². The Morgan fingerprint density at radius 1 is 1.00 bits per heavy atom. The largest absolute Gasteiger partial charge is 0.438 e. The van der Waals surface area contributed by atoms with Crippen molar-refractivity contribution in [1.29, 1.82) is 0 Å². The first kappa shape index (κ1) is 23.2. The molecule has 0 aliphatic rings. The predicted molar refractivity (Wildman–Crippen MR) is 129 cm³/mol. The molecule has 0 saturated carbocycles. The molecule has 3 aromatic carbocycles. The summed E-state index contributed by atoms with van der Waals surface area (Å²) >= 11 is 0. The molecule has 0 aliphatic carbocycles. The van der Waals surface area contributed by atoms with Crippen LogP contribution in [0.2, 0.25) is 0 Å². The fourth-order valence-electron chi connectivity index (χ4n) is 3.33. The van der Waals surface area contributed by atoms with Crippen LogP contribution in [0, 0.1) is 26.6 Å². The van der Waals surface area contributed by atoms with Crippen molar-refractivity contribution in [2.24, 2.45) is 5.10 Å². The topological polar surface area (TPSA) is 85.6 Å². The Balaban J connectivity index is 1.71.